The van der Waals surface area contributed by atoms with E-state index in [0.717, 1.165) is 27.6 Å². The number of carbonyl (C=O) groups is 1. The molecule has 122 valence electrons. The zero-order chi connectivity index (χ0) is 16.7. The Morgan fingerprint density at radius 3 is 2.78 bits per heavy atom. The molecule has 0 saturated heterocycles. The van der Waals surface area contributed by atoms with Crippen LogP contribution in [0.25, 0.3) is 0 Å². The summed E-state index contributed by atoms with van der Waals surface area (Å²) in [5.74, 6) is 0.530. The Bertz CT molecular complexity index is 680. The monoisotopic (exact) mass is 441 g/mol. The maximum Gasteiger partial charge on any atom is 0.252 e. The number of methoxy groups -OCH3 is 1. The summed E-state index contributed by atoms with van der Waals surface area (Å²) in [7, 11) is 1.58. The number of hydrogen-bond acceptors (Lipinski definition) is 4. The molecule has 0 atom stereocenters. The molecule has 1 aromatic carbocycles. The molecule has 23 heavy (non-hydrogen) atoms. The predicted octanol–water partition coefficient (Wildman–Crippen LogP) is 3.85. The first-order chi connectivity index (χ1) is 11.1. The van der Waals surface area contributed by atoms with Crippen LogP contribution in [0.4, 0.5) is 5.69 Å². The van der Waals surface area contributed by atoms with Crippen molar-refractivity contribution in [2.75, 3.05) is 25.5 Å². The smallest absolute Gasteiger partial charge is 0.252 e. The third-order valence-electron chi connectivity index (χ3n) is 3.09. The summed E-state index contributed by atoms with van der Waals surface area (Å²) < 4.78 is 6.81. The van der Waals surface area contributed by atoms with Crippen molar-refractivity contribution in [3.8, 4) is 5.75 Å². The Labute approximate surface area is 152 Å². The van der Waals surface area contributed by atoms with Crippen molar-refractivity contribution in [1.82, 2.24) is 10.3 Å². The van der Waals surface area contributed by atoms with Crippen LogP contribution in [-0.2, 0) is 0 Å². The van der Waals surface area contributed by atoms with E-state index in [-0.39, 0.29) is 5.91 Å². The fraction of sp³-hybridized carbons (Fsp3) is 0.250. The molecule has 0 unspecified atom stereocenters. The van der Waals surface area contributed by atoms with E-state index in [1.165, 1.54) is 0 Å². The van der Waals surface area contributed by atoms with Crippen LogP contribution in [0.2, 0.25) is 0 Å². The topological polar surface area (TPSA) is 63.2 Å². The molecule has 1 amide bonds. The van der Waals surface area contributed by atoms with Crippen LogP contribution >= 0.6 is 31.9 Å². The average molecular weight is 443 g/mol. The van der Waals surface area contributed by atoms with Gasteiger partial charge in [-0.25, -0.2) is 0 Å². The van der Waals surface area contributed by atoms with Gasteiger partial charge in [-0.15, -0.1) is 0 Å². The van der Waals surface area contributed by atoms with Gasteiger partial charge in [0.2, 0.25) is 0 Å². The highest BCUT2D eigenvalue weighted by atomic mass is 79.9. The Balaban J connectivity index is 1.77. The fourth-order valence-corrected chi connectivity index (χ4v) is 2.72. The van der Waals surface area contributed by atoms with Crippen LogP contribution < -0.4 is 15.4 Å². The lowest BCUT2D eigenvalue weighted by molar-refractivity contribution is 0.0952. The van der Waals surface area contributed by atoms with Crippen LogP contribution in [0.3, 0.4) is 0 Å². The minimum Gasteiger partial charge on any atom is -0.497 e. The molecule has 5 nitrogen and oxygen atoms in total. The minimum atomic E-state index is -0.125. The number of hydrogen-bond donors (Lipinski definition) is 2. The number of carbonyl (C=O) groups excluding carboxylic acids is 1. The van der Waals surface area contributed by atoms with Crippen molar-refractivity contribution >= 4 is 43.5 Å². The maximum absolute atomic E-state index is 12.2. The van der Waals surface area contributed by atoms with Gasteiger partial charge in [0.15, 0.2) is 0 Å². The third kappa shape index (κ3) is 5.51. The number of anilines is 1. The number of pyridine rings is 1. The molecule has 0 saturated carbocycles. The van der Waals surface area contributed by atoms with E-state index in [4.69, 9.17) is 4.74 Å². The van der Waals surface area contributed by atoms with Crippen molar-refractivity contribution in [2.24, 2.45) is 0 Å². The van der Waals surface area contributed by atoms with E-state index in [0.29, 0.717) is 17.9 Å². The maximum atomic E-state index is 12.2. The van der Waals surface area contributed by atoms with Gasteiger partial charge in [0, 0.05) is 28.2 Å². The van der Waals surface area contributed by atoms with Gasteiger partial charge in [0.05, 0.1) is 24.6 Å². The summed E-state index contributed by atoms with van der Waals surface area (Å²) in [6.07, 6.45) is 4.30. The van der Waals surface area contributed by atoms with Gasteiger partial charge in [-0.1, -0.05) is 0 Å². The summed E-state index contributed by atoms with van der Waals surface area (Å²) >= 11 is 6.75. The second-order valence-electron chi connectivity index (χ2n) is 4.77. The number of nitrogens with zero attached hydrogens (tertiary/aromatic N) is 1. The van der Waals surface area contributed by atoms with Gasteiger partial charge >= 0.3 is 0 Å². The molecule has 2 N–H and O–H groups in total. The molecule has 7 heteroatoms. The molecular formula is C16H17Br2N3O2. The molecule has 0 aliphatic heterocycles. The molecule has 2 rings (SSSR count). The van der Waals surface area contributed by atoms with Crippen molar-refractivity contribution in [1.29, 1.82) is 0 Å². The summed E-state index contributed by atoms with van der Waals surface area (Å²) in [6, 6.07) is 7.27. The molecule has 2 aromatic rings. The third-order valence-corrected chi connectivity index (χ3v) is 4.22. The van der Waals surface area contributed by atoms with Crippen LogP contribution in [0.1, 0.15) is 16.8 Å². The van der Waals surface area contributed by atoms with Crippen molar-refractivity contribution in [3.05, 3.63) is 51.2 Å². The largest absolute Gasteiger partial charge is 0.497 e. The van der Waals surface area contributed by atoms with Crippen LogP contribution in [0.15, 0.2) is 45.6 Å². The standard InChI is InChI=1S/C16H17Br2N3O2/c1-23-13-3-4-15(18)14(8-13)16(22)21-6-2-5-20-12-7-11(17)9-19-10-12/h3-4,7-10,20H,2,5-6H2,1H3,(H,21,22). The number of aromatic nitrogens is 1. The van der Waals surface area contributed by atoms with E-state index >= 15 is 0 Å². The SMILES string of the molecule is COc1ccc(Br)c(C(=O)NCCCNc2cncc(Br)c2)c1. The van der Waals surface area contributed by atoms with Crippen LogP contribution in [0, 0.1) is 0 Å². The van der Waals surface area contributed by atoms with Gasteiger partial charge in [0.25, 0.3) is 5.91 Å². The van der Waals surface area contributed by atoms with E-state index < -0.39 is 0 Å². The number of ether oxygens (including phenoxy) is 1. The quantitative estimate of drug-likeness (QED) is 0.639. The summed E-state index contributed by atoms with van der Waals surface area (Å²) in [5, 5.41) is 6.15. The van der Waals surface area contributed by atoms with Gasteiger partial charge < -0.3 is 15.4 Å². The van der Waals surface area contributed by atoms with Gasteiger partial charge in [0.1, 0.15) is 5.75 Å². The summed E-state index contributed by atoms with van der Waals surface area (Å²) in [4.78, 5) is 16.3. The van der Waals surface area contributed by atoms with Gasteiger partial charge in [-0.2, -0.15) is 0 Å². The first kappa shape index (κ1) is 17.7. The van der Waals surface area contributed by atoms with E-state index in [1.54, 1.807) is 37.7 Å². The lowest BCUT2D eigenvalue weighted by Gasteiger charge is -2.09. The first-order valence-electron chi connectivity index (χ1n) is 7.06. The highest BCUT2D eigenvalue weighted by molar-refractivity contribution is 9.10. The van der Waals surface area contributed by atoms with E-state index in [2.05, 4.69) is 47.5 Å². The zero-order valence-corrected chi connectivity index (χ0v) is 15.8. The lowest BCUT2D eigenvalue weighted by Crippen LogP contribution is -2.26. The van der Waals surface area contributed by atoms with Crippen molar-refractivity contribution in [2.45, 2.75) is 6.42 Å². The average Bonchev–Trinajstić information content (AvgIpc) is 2.55. The Morgan fingerprint density at radius 2 is 2.04 bits per heavy atom. The molecule has 1 heterocycles. The van der Waals surface area contributed by atoms with E-state index in [9.17, 15) is 4.79 Å². The second kappa shape index (κ2) is 8.88. The Morgan fingerprint density at radius 1 is 1.22 bits per heavy atom. The molecule has 0 aliphatic rings. The summed E-state index contributed by atoms with van der Waals surface area (Å²) in [6.45, 7) is 1.33. The molecule has 0 radical (unpaired) electrons. The number of benzene rings is 1. The van der Waals surface area contributed by atoms with Gasteiger partial charge in [-0.05, 0) is 62.5 Å². The number of halogens is 2. The summed E-state index contributed by atoms with van der Waals surface area (Å²) in [5.41, 5.74) is 1.51. The molecule has 0 aliphatic carbocycles. The van der Waals surface area contributed by atoms with E-state index in [1.807, 2.05) is 6.07 Å². The fourth-order valence-electron chi connectivity index (χ4n) is 1.93. The lowest BCUT2D eigenvalue weighted by atomic mass is 10.2. The first-order valence-corrected chi connectivity index (χ1v) is 8.65. The Hall–Kier alpha value is -1.60. The van der Waals surface area contributed by atoms with Crippen LogP contribution in [0.5, 0.6) is 5.75 Å². The molecular weight excluding hydrogens is 426 g/mol. The highest BCUT2D eigenvalue weighted by Gasteiger charge is 2.10. The van der Waals surface area contributed by atoms with Gasteiger partial charge in [-0.3, -0.25) is 9.78 Å². The Kier molecular flexibility index (Phi) is 6.85. The highest BCUT2D eigenvalue weighted by Crippen LogP contribution is 2.22. The van der Waals surface area contributed by atoms with Crippen molar-refractivity contribution in [3.63, 3.8) is 0 Å². The molecule has 1 aromatic heterocycles. The number of nitrogens with one attached hydrogen (secondary N) is 2. The molecule has 0 fully saturated rings. The second-order valence-corrected chi connectivity index (χ2v) is 6.54. The molecule has 0 spiro atoms. The normalized spacial score (nSPS) is 10.2. The number of rotatable bonds is 7. The van der Waals surface area contributed by atoms with Crippen LogP contribution in [-0.4, -0.2) is 31.1 Å². The molecule has 0 bridgehead atoms. The minimum absolute atomic E-state index is 0.125. The van der Waals surface area contributed by atoms with Crippen molar-refractivity contribution < 1.29 is 9.53 Å². The number of amides is 1. The predicted molar refractivity (Wildman–Crippen MR) is 98.1 cm³/mol. The zero-order valence-electron chi connectivity index (χ0n) is 12.6.